The minimum absolute atomic E-state index is 0.152. The summed E-state index contributed by atoms with van der Waals surface area (Å²) < 4.78 is 5.15. The van der Waals surface area contributed by atoms with Crippen LogP contribution in [-0.2, 0) is 5.41 Å². The van der Waals surface area contributed by atoms with Gasteiger partial charge in [0.1, 0.15) is 5.76 Å². The van der Waals surface area contributed by atoms with Crippen molar-refractivity contribution < 1.29 is 14.1 Å². The van der Waals surface area contributed by atoms with Crippen LogP contribution < -0.4 is 15.5 Å². The molecule has 100 valence electrons. The smallest absolute Gasteiger partial charge is 0.331 e. The molecule has 2 N–H and O–H groups in total. The molecular formula is C11H18N4O3. The number of nitrogens with zero attached hydrogens (tertiary/aromatic N) is 2. The summed E-state index contributed by atoms with van der Waals surface area (Å²) in [5.41, 5.74) is -0.248. The fraction of sp³-hybridized carbons (Fsp3) is 0.545. The number of nitrogens with one attached hydrogen (secondary N) is 2. The van der Waals surface area contributed by atoms with Gasteiger partial charge in [0.15, 0.2) is 5.82 Å². The highest BCUT2D eigenvalue weighted by Gasteiger charge is 2.28. The van der Waals surface area contributed by atoms with Gasteiger partial charge in [-0.25, -0.2) is 9.59 Å². The number of anilines is 1. The van der Waals surface area contributed by atoms with Crippen LogP contribution in [0.2, 0.25) is 0 Å². The summed E-state index contributed by atoms with van der Waals surface area (Å²) in [4.78, 5) is 24.2. The number of carbonyl (C=O) groups is 2. The van der Waals surface area contributed by atoms with Gasteiger partial charge in [-0.15, -0.1) is 0 Å². The number of carbonyl (C=O) groups excluding carboxylic acids is 2. The van der Waals surface area contributed by atoms with Gasteiger partial charge in [0.25, 0.3) is 0 Å². The van der Waals surface area contributed by atoms with Crippen LogP contribution in [0.1, 0.15) is 26.5 Å². The lowest BCUT2D eigenvalue weighted by molar-refractivity contribution is 0.235. The average molecular weight is 254 g/mol. The average Bonchev–Trinajstić information content (AvgIpc) is 2.77. The molecule has 0 saturated carbocycles. The largest absolute Gasteiger partial charge is 0.359 e. The molecule has 7 heteroatoms. The molecule has 0 aromatic carbocycles. The van der Waals surface area contributed by atoms with E-state index in [4.69, 9.17) is 4.52 Å². The molecule has 0 atom stereocenters. The first-order chi connectivity index (χ1) is 8.31. The maximum absolute atomic E-state index is 11.6. The number of hydrogen-bond donors (Lipinski definition) is 2. The monoisotopic (exact) mass is 254 g/mol. The molecule has 0 unspecified atom stereocenters. The number of aromatic nitrogens is 1. The number of amides is 4. The molecule has 0 spiro atoms. The number of imide groups is 1. The molecule has 1 rings (SSSR count). The summed E-state index contributed by atoms with van der Waals surface area (Å²) in [6, 6.07) is 0.413. The molecule has 18 heavy (non-hydrogen) atoms. The van der Waals surface area contributed by atoms with Crippen LogP contribution in [0.5, 0.6) is 0 Å². The number of hydrogen-bond acceptors (Lipinski definition) is 4. The Kier molecular flexibility index (Phi) is 3.95. The van der Waals surface area contributed by atoms with Crippen molar-refractivity contribution in [2.45, 2.75) is 26.2 Å². The van der Waals surface area contributed by atoms with Gasteiger partial charge in [-0.05, 0) is 0 Å². The normalized spacial score (nSPS) is 10.9. The van der Waals surface area contributed by atoms with Crippen LogP contribution in [0.25, 0.3) is 0 Å². The molecule has 7 nitrogen and oxygen atoms in total. The van der Waals surface area contributed by atoms with Crippen molar-refractivity contribution in [1.82, 2.24) is 15.8 Å². The zero-order valence-electron chi connectivity index (χ0n) is 11.2. The van der Waals surface area contributed by atoms with E-state index < -0.39 is 12.1 Å². The molecule has 0 aliphatic rings. The first-order valence-corrected chi connectivity index (χ1v) is 5.52. The minimum atomic E-state index is -0.580. The second-order valence-electron chi connectivity index (χ2n) is 4.75. The molecule has 0 fully saturated rings. The molecular weight excluding hydrogens is 236 g/mol. The van der Waals surface area contributed by atoms with Gasteiger partial charge in [-0.3, -0.25) is 0 Å². The Morgan fingerprint density at radius 1 is 1.22 bits per heavy atom. The minimum Gasteiger partial charge on any atom is -0.359 e. The van der Waals surface area contributed by atoms with Gasteiger partial charge < -0.3 is 15.2 Å². The van der Waals surface area contributed by atoms with Crippen LogP contribution in [0, 0.1) is 0 Å². The van der Waals surface area contributed by atoms with Gasteiger partial charge in [-0.2, -0.15) is 4.90 Å². The summed E-state index contributed by atoms with van der Waals surface area (Å²) in [5.74, 6) is 0.744. The molecule has 0 saturated heterocycles. The Labute approximate surface area is 105 Å². The van der Waals surface area contributed by atoms with E-state index in [9.17, 15) is 9.59 Å². The van der Waals surface area contributed by atoms with Gasteiger partial charge in [0.05, 0.1) is 0 Å². The topological polar surface area (TPSA) is 87.5 Å². The van der Waals surface area contributed by atoms with Crippen LogP contribution in [0.3, 0.4) is 0 Å². The summed E-state index contributed by atoms with van der Waals surface area (Å²) >= 11 is 0. The van der Waals surface area contributed by atoms with Gasteiger partial charge in [-0.1, -0.05) is 25.9 Å². The SMILES string of the molecule is CNC(=O)N(C(=O)NC)c1cc(C(C)(C)C)on1. The number of urea groups is 2. The van der Waals surface area contributed by atoms with E-state index >= 15 is 0 Å². The lowest BCUT2D eigenvalue weighted by atomic mass is 9.93. The van der Waals surface area contributed by atoms with E-state index in [1.807, 2.05) is 20.8 Å². The Bertz CT molecular complexity index is 431. The third kappa shape index (κ3) is 2.79. The first kappa shape index (κ1) is 14.0. The second-order valence-corrected chi connectivity index (χ2v) is 4.75. The van der Waals surface area contributed by atoms with Crippen molar-refractivity contribution in [2.24, 2.45) is 0 Å². The Morgan fingerprint density at radius 2 is 1.72 bits per heavy atom. The zero-order chi connectivity index (χ0) is 13.9. The van der Waals surface area contributed by atoms with E-state index in [2.05, 4.69) is 15.8 Å². The van der Waals surface area contributed by atoms with Crippen molar-refractivity contribution in [1.29, 1.82) is 0 Å². The van der Waals surface area contributed by atoms with E-state index in [1.54, 1.807) is 6.07 Å². The van der Waals surface area contributed by atoms with Gasteiger partial charge in [0.2, 0.25) is 0 Å². The van der Waals surface area contributed by atoms with E-state index in [0.29, 0.717) is 5.76 Å². The highest BCUT2D eigenvalue weighted by Crippen LogP contribution is 2.26. The highest BCUT2D eigenvalue weighted by atomic mass is 16.5. The third-order valence-electron chi connectivity index (χ3n) is 2.30. The van der Waals surface area contributed by atoms with Crippen molar-refractivity contribution >= 4 is 17.9 Å². The van der Waals surface area contributed by atoms with Crippen LogP contribution >= 0.6 is 0 Å². The fourth-order valence-corrected chi connectivity index (χ4v) is 1.25. The van der Waals surface area contributed by atoms with Gasteiger partial charge in [0, 0.05) is 25.6 Å². The summed E-state index contributed by atoms with van der Waals surface area (Å²) in [6.45, 7) is 5.84. The maximum Gasteiger partial charge on any atom is 0.331 e. The van der Waals surface area contributed by atoms with Crippen molar-refractivity contribution in [3.63, 3.8) is 0 Å². The summed E-state index contributed by atoms with van der Waals surface area (Å²) in [6.07, 6.45) is 0. The Hall–Kier alpha value is -2.05. The van der Waals surface area contributed by atoms with Crippen LogP contribution in [-0.4, -0.2) is 31.3 Å². The molecule has 0 aliphatic heterocycles. The fourth-order valence-electron chi connectivity index (χ4n) is 1.25. The van der Waals surface area contributed by atoms with Crippen molar-refractivity contribution in [2.75, 3.05) is 19.0 Å². The predicted molar refractivity (Wildman–Crippen MR) is 66.6 cm³/mol. The molecule has 0 radical (unpaired) electrons. The summed E-state index contributed by atoms with van der Waals surface area (Å²) in [5, 5.41) is 8.49. The zero-order valence-corrected chi connectivity index (χ0v) is 11.2. The van der Waals surface area contributed by atoms with Gasteiger partial charge >= 0.3 is 12.1 Å². The Balaban J connectivity index is 3.11. The molecule has 1 heterocycles. The first-order valence-electron chi connectivity index (χ1n) is 5.52. The molecule has 4 amide bonds. The molecule has 1 aromatic rings. The van der Waals surface area contributed by atoms with Crippen molar-refractivity contribution in [3.8, 4) is 0 Å². The maximum atomic E-state index is 11.6. The quantitative estimate of drug-likeness (QED) is 0.794. The third-order valence-corrected chi connectivity index (χ3v) is 2.30. The Morgan fingerprint density at radius 3 is 2.06 bits per heavy atom. The highest BCUT2D eigenvalue weighted by molar-refractivity contribution is 6.12. The molecule has 0 aliphatic carbocycles. The molecule has 1 aromatic heterocycles. The standard InChI is InChI=1S/C11H18N4O3/c1-11(2,3)7-6-8(14-18-7)15(9(16)12-4)10(17)13-5/h6H,1-5H3,(H,12,16)(H,13,17). The predicted octanol–water partition coefficient (Wildman–Crippen LogP) is 1.46. The lowest BCUT2D eigenvalue weighted by Crippen LogP contribution is -2.47. The van der Waals surface area contributed by atoms with Crippen LogP contribution in [0.4, 0.5) is 15.4 Å². The number of rotatable bonds is 1. The molecule has 0 bridgehead atoms. The van der Waals surface area contributed by atoms with E-state index in [-0.39, 0.29) is 11.2 Å². The van der Waals surface area contributed by atoms with E-state index in [1.165, 1.54) is 14.1 Å². The second kappa shape index (κ2) is 5.07. The lowest BCUT2D eigenvalue weighted by Gasteiger charge is -2.16. The summed E-state index contributed by atoms with van der Waals surface area (Å²) in [7, 11) is 2.87. The van der Waals surface area contributed by atoms with Crippen LogP contribution in [0.15, 0.2) is 10.6 Å². The van der Waals surface area contributed by atoms with E-state index in [0.717, 1.165) is 4.90 Å². The van der Waals surface area contributed by atoms with Crippen molar-refractivity contribution in [3.05, 3.63) is 11.8 Å².